The number of urea groups is 1. The molecule has 1 aliphatic heterocycles. The molecule has 2 aromatic carbocycles. The third-order valence-corrected chi connectivity index (χ3v) is 5.18. The maximum Gasteiger partial charge on any atom is 0.322 e. The summed E-state index contributed by atoms with van der Waals surface area (Å²) in [6.07, 6.45) is 3.14. The van der Waals surface area contributed by atoms with E-state index >= 15 is 0 Å². The molecule has 3 aromatic rings. The molecule has 0 spiro atoms. The first-order valence-corrected chi connectivity index (χ1v) is 9.29. The van der Waals surface area contributed by atoms with E-state index in [1.807, 2.05) is 17.0 Å². The molecule has 0 unspecified atom stereocenters. The van der Waals surface area contributed by atoms with E-state index in [4.69, 9.17) is 0 Å². The van der Waals surface area contributed by atoms with Crippen LogP contribution in [0.1, 0.15) is 29.2 Å². The molecule has 0 saturated carbocycles. The van der Waals surface area contributed by atoms with Gasteiger partial charge in [0.15, 0.2) is 0 Å². The molecule has 134 valence electrons. The Labute approximate surface area is 154 Å². The molecule has 0 aliphatic carbocycles. The van der Waals surface area contributed by atoms with Crippen LogP contribution < -0.4 is 5.32 Å². The lowest BCUT2D eigenvalue weighted by atomic mass is 10.1. The SMILES string of the molecule is CCn1cc2c3c(cccc31)CN(C(=O)Nc1cc(C)cc(C)c1)CC2. The zero-order valence-corrected chi connectivity index (χ0v) is 15.7. The Bertz CT molecular complexity index is 966. The minimum atomic E-state index is -0.0273. The lowest BCUT2D eigenvalue weighted by Gasteiger charge is -2.22. The molecule has 1 N–H and O–H groups in total. The molecular weight excluding hydrogens is 322 g/mol. The van der Waals surface area contributed by atoms with E-state index in [2.05, 4.69) is 61.1 Å². The van der Waals surface area contributed by atoms with E-state index < -0.39 is 0 Å². The molecule has 26 heavy (non-hydrogen) atoms. The van der Waals surface area contributed by atoms with E-state index in [0.717, 1.165) is 36.3 Å². The van der Waals surface area contributed by atoms with Gasteiger partial charge in [-0.15, -0.1) is 0 Å². The van der Waals surface area contributed by atoms with Gasteiger partial charge in [-0.1, -0.05) is 18.2 Å². The van der Waals surface area contributed by atoms with Crippen molar-refractivity contribution in [2.75, 3.05) is 11.9 Å². The highest BCUT2D eigenvalue weighted by Gasteiger charge is 2.22. The van der Waals surface area contributed by atoms with E-state index in [9.17, 15) is 4.79 Å². The fourth-order valence-electron chi connectivity index (χ4n) is 4.06. The normalized spacial score (nSPS) is 13.7. The van der Waals surface area contributed by atoms with Gasteiger partial charge >= 0.3 is 6.03 Å². The first-order valence-electron chi connectivity index (χ1n) is 9.29. The molecule has 0 atom stereocenters. The van der Waals surface area contributed by atoms with Gasteiger partial charge in [-0.3, -0.25) is 0 Å². The van der Waals surface area contributed by atoms with Gasteiger partial charge in [-0.2, -0.15) is 0 Å². The average Bonchev–Trinajstić information content (AvgIpc) is 2.84. The predicted molar refractivity (Wildman–Crippen MR) is 107 cm³/mol. The molecule has 4 rings (SSSR count). The Morgan fingerprint density at radius 3 is 2.62 bits per heavy atom. The average molecular weight is 347 g/mol. The summed E-state index contributed by atoms with van der Waals surface area (Å²) in [6, 6.07) is 12.5. The summed E-state index contributed by atoms with van der Waals surface area (Å²) in [6.45, 7) is 8.62. The lowest BCUT2D eigenvalue weighted by molar-refractivity contribution is 0.210. The van der Waals surface area contributed by atoms with Crippen LogP contribution in [0.4, 0.5) is 10.5 Å². The highest BCUT2D eigenvalue weighted by molar-refractivity contribution is 5.92. The van der Waals surface area contributed by atoms with Gasteiger partial charge in [-0.25, -0.2) is 4.79 Å². The maximum atomic E-state index is 12.9. The number of nitrogens with zero attached hydrogens (tertiary/aromatic N) is 2. The summed E-state index contributed by atoms with van der Waals surface area (Å²) in [5.74, 6) is 0. The van der Waals surface area contributed by atoms with Crippen molar-refractivity contribution in [1.29, 1.82) is 0 Å². The molecule has 4 nitrogen and oxygen atoms in total. The van der Waals surface area contributed by atoms with Crippen LogP contribution in [-0.2, 0) is 19.5 Å². The lowest BCUT2D eigenvalue weighted by Crippen LogP contribution is -2.35. The number of amides is 2. The van der Waals surface area contributed by atoms with Gasteiger partial charge in [0, 0.05) is 42.4 Å². The topological polar surface area (TPSA) is 37.3 Å². The summed E-state index contributed by atoms with van der Waals surface area (Å²) in [5.41, 5.74) is 7.04. The maximum absolute atomic E-state index is 12.9. The van der Waals surface area contributed by atoms with Crippen molar-refractivity contribution >= 4 is 22.6 Å². The number of aryl methyl sites for hydroxylation is 3. The minimum absolute atomic E-state index is 0.0273. The number of nitrogens with one attached hydrogen (secondary N) is 1. The fraction of sp³-hybridized carbons (Fsp3) is 0.318. The van der Waals surface area contributed by atoms with Gasteiger partial charge in [0.05, 0.1) is 0 Å². The highest BCUT2D eigenvalue weighted by Crippen LogP contribution is 2.29. The summed E-state index contributed by atoms with van der Waals surface area (Å²) >= 11 is 0. The Hall–Kier alpha value is -2.75. The molecule has 1 aliphatic rings. The van der Waals surface area contributed by atoms with Crippen LogP contribution in [0.5, 0.6) is 0 Å². The Kier molecular flexibility index (Phi) is 4.19. The number of carbonyl (C=O) groups excluding carboxylic acids is 1. The van der Waals surface area contributed by atoms with Crippen molar-refractivity contribution in [3.05, 3.63) is 64.8 Å². The first kappa shape index (κ1) is 16.7. The van der Waals surface area contributed by atoms with Crippen LogP contribution in [0, 0.1) is 13.8 Å². The summed E-state index contributed by atoms with van der Waals surface area (Å²) in [4.78, 5) is 14.8. The Balaban J connectivity index is 1.61. The molecule has 4 heteroatoms. The summed E-state index contributed by atoms with van der Waals surface area (Å²) in [7, 11) is 0. The number of anilines is 1. The zero-order valence-electron chi connectivity index (χ0n) is 15.7. The first-order chi connectivity index (χ1) is 12.5. The van der Waals surface area contributed by atoms with Crippen molar-refractivity contribution in [1.82, 2.24) is 9.47 Å². The fourth-order valence-corrected chi connectivity index (χ4v) is 4.06. The molecule has 1 aromatic heterocycles. The van der Waals surface area contributed by atoms with Crippen molar-refractivity contribution in [2.45, 2.75) is 40.3 Å². The van der Waals surface area contributed by atoms with Crippen LogP contribution in [0.3, 0.4) is 0 Å². The Morgan fingerprint density at radius 2 is 1.88 bits per heavy atom. The van der Waals surface area contributed by atoms with Crippen LogP contribution in [0.25, 0.3) is 10.9 Å². The second-order valence-corrected chi connectivity index (χ2v) is 7.23. The largest absolute Gasteiger partial charge is 0.347 e. The summed E-state index contributed by atoms with van der Waals surface area (Å²) < 4.78 is 2.30. The van der Waals surface area contributed by atoms with E-state index in [1.54, 1.807) is 0 Å². The third kappa shape index (κ3) is 2.96. The predicted octanol–water partition coefficient (Wildman–Crippen LogP) is 4.87. The van der Waals surface area contributed by atoms with Crippen LogP contribution in [-0.4, -0.2) is 22.0 Å². The molecule has 2 amide bonds. The van der Waals surface area contributed by atoms with Crippen LogP contribution in [0.2, 0.25) is 0 Å². The van der Waals surface area contributed by atoms with E-state index in [1.165, 1.54) is 22.0 Å². The second kappa shape index (κ2) is 6.52. The van der Waals surface area contributed by atoms with Gasteiger partial charge in [0.2, 0.25) is 0 Å². The zero-order chi connectivity index (χ0) is 18.3. The molecule has 2 heterocycles. The Morgan fingerprint density at radius 1 is 1.12 bits per heavy atom. The number of benzene rings is 2. The minimum Gasteiger partial charge on any atom is -0.347 e. The third-order valence-electron chi connectivity index (χ3n) is 5.18. The van der Waals surface area contributed by atoms with Crippen LogP contribution >= 0.6 is 0 Å². The van der Waals surface area contributed by atoms with Crippen LogP contribution in [0.15, 0.2) is 42.6 Å². The molecule has 0 radical (unpaired) electrons. The van der Waals surface area contributed by atoms with Gasteiger partial charge in [0.25, 0.3) is 0 Å². The quantitative estimate of drug-likeness (QED) is 0.706. The number of hydrogen-bond donors (Lipinski definition) is 1. The monoisotopic (exact) mass is 347 g/mol. The molecular formula is C22H25N3O. The van der Waals surface area contributed by atoms with E-state index in [0.29, 0.717) is 6.54 Å². The molecule has 0 saturated heterocycles. The van der Waals surface area contributed by atoms with Gasteiger partial charge in [0.1, 0.15) is 0 Å². The molecule has 0 bridgehead atoms. The highest BCUT2D eigenvalue weighted by atomic mass is 16.2. The number of carbonyl (C=O) groups is 1. The van der Waals surface area contributed by atoms with Gasteiger partial charge in [-0.05, 0) is 67.6 Å². The number of aromatic nitrogens is 1. The number of hydrogen-bond acceptors (Lipinski definition) is 1. The van der Waals surface area contributed by atoms with Gasteiger partial charge < -0.3 is 14.8 Å². The number of rotatable bonds is 2. The standard InChI is InChI=1S/C22H25N3O/c1-4-24-13-18-8-9-25(14-17-6-5-7-20(24)21(17)18)22(26)23-19-11-15(2)10-16(3)12-19/h5-7,10-13H,4,8-9,14H2,1-3H3,(H,23,26). The van der Waals surface area contributed by atoms with Crippen molar-refractivity contribution in [3.8, 4) is 0 Å². The van der Waals surface area contributed by atoms with Crippen molar-refractivity contribution in [2.24, 2.45) is 0 Å². The smallest absolute Gasteiger partial charge is 0.322 e. The second-order valence-electron chi connectivity index (χ2n) is 7.23. The van der Waals surface area contributed by atoms with E-state index in [-0.39, 0.29) is 6.03 Å². The molecule has 0 fully saturated rings. The van der Waals surface area contributed by atoms with Crippen molar-refractivity contribution < 1.29 is 4.79 Å². The summed E-state index contributed by atoms with van der Waals surface area (Å²) in [5, 5.41) is 4.41. The van der Waals surface area contributed by atoms with Crippen molar-refractivity contribution in [3.63, 3.8) is 0 Å².